The van der Waals surface area contributed by atoms with Gasteiger partial charge in [-0.05, 0) is 24.6 Å². The smallest absolute Gasteiger partial charge is 0.222 e. The van der Waals surface area contributed by atoms with Crippen molar-refractivity contribution in [2.75, 3.05) is 56.5 Å². The van der Waals surface area contributed by atoms with E-state index in [2.05, 4.69) is 31.8 Å². The van der Waals surface area contributed by atoms with Crippen LogP contribution in [0, 0.1) is 0 Å². The van der Waals surface area contributed by atoms with Crippen LogP contribution < -0.4 is 10.6 Å². The Morgan fingerprint density at radius 3 is 2.94 bits per heavy atom. The molecule has 3 heterocycles. The molecular weight excluding hydrogens is 428 g/mol. The minimum absolute atomic E-state index is 0.130. The standard InChI is InChI=1S/C21H30N8O2S/c1-3-5-8-25-26-29(9-4-2)31-14-6-7-19(30)27-10-12-28(13-11-27)20-17-15-18(22)32-21(17)24-16-23-20/h3-5,15-16H,2,6-14,22H2,1H3/b5-3-,26-25?. The zero-order chi connectivity index (χ0) is 22.8. The average Bonchev–Trinajstić information content (AvgIpc) is 3.19. The largest absolute Gasteiger partial charge is 0.391 e. The summed E-state index contributed by atoms with van der Waals surface area (Å²) in [5.41, 5.74) is 5.93. The van der Waals surface area contributed by atoms with Crippen LogP contribution in [0.2, 0.25) is 0 Å². The van der Waals surface area contributed by atoms with Gasteiger partial charge in [0.1, 0.15) is 17.0 Å². The number of allylic oxidation sites excluding steroid dienone is 1. The molecule has 11 heteroatoms. The number of hydrogen-bond acceptors (Lipinski definition) is 9. The first-order chi connectivity index (χ1) is 15.6. The lowest BCUT2D eigenvalue weighted by Crippen LogP contribution is -2.49. The molecule has 32 heavy (non-hydrogen) atoms. The molecule has 1 fully saturated rings. The number of anilines is 2. The number of hydrogen-bond donors (Lipinski definition) is 1. The van der Waals surface area contributed by atoms with Crippen LogP contribution >= 0.6 is 11.3 Å². The molecule has 10 nitrogen and oxygen atoms in total. The number of fused-ring (bicyclic) bond motifs is 1. The average molecular weight is 459 g/mol. The Kier molecular flexibility index (Phi) is 8.93. The van der Waals surface area contributed by atoms with Crippen molar-refractivity contribution in [2.24, 2.45) is 10.3 Å². The summed E-state index contributed by atoms with van der Waals surface area (Å²) in [7, 11) is 0. The van der Waals surface area contributed by atoms with E-state index in [4.69, 9.17) is 10.6 Å². The second kappa shape index (κ2) is 12.1. The van der Waals surface area contributed by atoms with Crippen molar-refractivity contribution in [3.63, 3.8) is 0 Å². The fraction of sp³-hybridized carbons (Fsp3) is 0.476. The number of carbonyl (C=O) groups is 1. The first kappa shape index (κ1) is 23.6. The van der Waals surface area contributed by atoms with E-state index in [1.807, 2.05) is 30.0 Å². The molecule has 0 aromatic carbocycles. The van der Waals surface area contributed by atoms with Gasteiger partial charge >= 0.3 is 0 Å². The summed E-state index contributed by atoms with van der Waals surface area (Å²) in [5.74, 6) is 1.01. The number of piperazine rings is 1. The summed E-state index contributed by atoms with van der Waals surface area (Å²) in [4.78, 5) is 31.9. The molecule has 2 aromatic rings. The molecule has 1 aliphatic rings. The third-order valence-corrected chi connectivity index (χ3v) is 5.78. The van der Waals surface area contributed by atoms with Crippen molar-refractivity contribution in [1.82, 2.24) is 20.0 Å². The van der Waals surface area contributed by atoms with Crippen LogP contribution in [0.25, 0.3) is 10.2 Å². The number of rotatable bonds is 11. The zero-order valence-corrected chi connectivity index (χ0v) is 19.2. The van der Waals surface area contributed by atoms with Gasteiger partial charge in [0.25, 0.3) is 0 Å². The highest BCUT2D eigenvalue weighted by atomic mass is 32.1. The first-order valence-corrected chi connectivity index (χ1v) is 11.5. The van der Waals surface area contributed by atoms with Crippen LogP contribution in [0.15, 0.2) is 47.5 Å². The van der Waals surface area contributed by atoms with Crippen LogP contribution in [-0.2, 0) is 9.63 Å². The predicted octanol–water partition coefficient (Wildman–Crippen LogP) is 3.07. The molecule has 1 amide bonds. The summed E-state index contributed by atoms with van der Waals surface area (Å²) in [6.07, 6.45) is 8.11. The molecule has 0 bridgehead atoms. The number of nitrogen functional groups attached to an aromatic ring is 1. The quantitative estimate of drug-likeness (QED) is 0.238. The lowest BCUT2D eigenvalue weighted by molar-refractivity contribution is -0.160. The van der Waals surface area contributed by atoms with Gasteiger partial charge in [-0.3, -0.25) is 9.63 Å². The van der Waals surface area contributed by atoms with Crippen LogP contribution in [0.5, 0.6) is 0 Å². The van der Waals surface area contributed by atoms with Gasteiger partial charge in [-0.1, -0.05) is 29.6 Å². The third kappa shape index (κ3) is 6.47. The summed E-state index contributed by atoms with van der Waals surface area (Å²) >= 11 is 1.46. The first-order valence-electron chi connectivity index (χ1n) is 10.6. The fourth-order valence-corrected chi connectivity index (χ4v) is 4.08. The summed E-state index contributed by atoms with van der Waals surface area (Å²) in [5, 5.41) is 11.1. The Hall–Kier alpha value is -3.05. The molecule has 2 N–H and O–H groups in total. The number of nitrogens with two attached hydrogens (primary N) is 1. The maximum Gasteiger partial charge on any atom is 0.222 e. The van der Waals surface area contributed by atoms with E-state index in [1.165, 1.54) is 16.5 Å². The Bertz CT molecular complexity index is 952. The SMILES string of the molecule is C=CCN(N=NC/C=C\C)OCCCC(=O)N1CCN(c2ncnc3sc(N)cc23)CC1. The van der Waals surface area contributed by atoms with E-state index in [0.29, 0.717) is 45.6 Å². The second-order valence-corrected chi connectivity index (χ2v) is 8.24. The highest BCUT2D eigenvalue weighted by Crippen LogP contribution is 2.31. The molecule has 0 atom stereocenters. The fourth-order valence-electron chi connectivity index (χ4n) is 3.32. The van der Waals surface area contributed by atoms with Crippen molar-refractivity contribution < 1.29 is 9.63 Å². The lowest BCUT2D eigenvalue weighted by Gasteiger charge is -2.35. The summed E-state index contributed by atoms with van der Waals surface area (Å²) < 4.78 is 0. The molecule has 0 aliphatic carbocycles. The maximum atomic E-state index is 12.6. The number of amides is 1. The van der Waals surface area contributed by atoms with Crippen LogP contribution in [0.3, 0.4) is 0 Å². The molecule has 1 saturated heterocycles. The molecule has 1 aliphatic heterocycles. The number of nitrogens with zero attached hydrogens (tertiary/aromatic N) is 7. The molecule has 172 valence electrons. The van der Waals surface area contributed by atoms with Crippen molar-refractivity contribution >= 4 is 38.3 Å². The van der Waals surface area contributed by atoms with Gasteiger partial charge in [-0.2, -0.15) is 10.3 Å². The van der Waals surface area contributed by atoms with E-state index in [1.54, 1.807) is 12.4 Å². The van der Waals surface area contributed by atoms with Crippen LogP contribution in [0.1, 0.15) is 19.8 Å². The van der Waals surface area contributed by atoms with Crippen molar-refractivity contribution in [1.29, 1.82) is 0 Å². The van der Waals surface area contributed by atoms with Gasteiger partial charge in [0.15, 0.2) is 0 Å². The number of hydroxylamine groups is 1. The lowest BCUT2D eigenvalue weighted by atomic mass is 10.2. The van der Waals surface area contributed by atoms with Crippen molar-refractivity contribution in [3.05, 3.63) is 37.2 Å². The highest BCUT2D eigenvalue weighted by molar-refractivity contribution is 7.22. The van der Waals surface area contributed by atoms with Crippen LogP contribution in [-0.4, -0.2) is 71.8 Å². The summed E-state index contributed by atoms with van der Waals surface area (Å²) in [6.45, 7) is 9.71. The monoisotopic (exact) mass is 458 g/mol. The number of thiophene rings is 1. The molecule has 0 saturated carbocycles. The minimum atomic E-state index is 0.130. The van der Waals surface area contributed by atoms with E-state index in [-0.39, 0.29) is 5.91 Å². The topological polar surface area (TPSA) is 113 Å². The zero-order valence-electron chi connectivity index (χ0n) is 18.4. The van der Waals surface area contributed by atoms with E-state index in [0.717, 1.165) is 34.1 Å². The Morgan fingerprint density at radius 1 is 1.38 bits per heavy atom. The van der Waals surface area contributed by atoms with Gasteiger partial charge in [0.2, 0.25) is 5.91 Å². The van der Waals surface area contributed by atoms with Gasteiger partial charge in [0.05, 0.1) is 30.1 Å². The van der Waals surface area contributed by atoms with E-state index in [9.17, 15) is 4.79 Å². The molecule has 0 spiro atoms. The molecular formula is C21H30N8O2S. The van der Waals surface area contributed by atoms with Gasteiger partial charge in [-0.25, -0.2) is 9.97 Å². The summed E-state index contributed by atoms with van der Waals surface area (Å²) in [6, 6.07) is 1.92. The highest BCUT2D eigenvalue weighted by Gasteiger charge is 2.23. The Balaban J connectivity index is 1.41. The Morgan fingerprint density at radius 2 is 2.19 bits per heavy atom. The molecule has 2 aromatic heterocycles. The van der Waals surface area contributed by atoms with Crippen molar-refractivity contribution in [2.45, 2.75) is 19.8 Å². The number of aromatic nitrogens is 2. The molecule has 3 rings (SSSR count). The van der Waals surface area contributed by atoms with Gasteiger partial charge in [-0.15, -0.1) is 6.58 Å². The maximum absolute atomic E-state index is 12.6. The molecule has 0 unspecified atom stereocenters. The molecule has 0 radical (unpaired) electrons. The van der Waals surface area contributed by atoms with Crippen molar-refractivity contribution in [3.8, 4) is 0 Å². The second-order valence-electron chi connectivity index (χ2n) is 7.18. The van der Waals surface area contributed by atoms with E-state index < -0.39 is 0 Å². The predicted molar refractivity (Wildman–Crippen MR) is 127 cm³/mol. The van der Waals surface area contributed by atoms with Gasteiger partial charge in [0, 0.05) is 32.6 Å². The minimum Gasteiger partial charge on any atom is -0.391 e. The van der Waals surface area contributed by atoms with Gasteiger partial charge < -0.3 is 15.5 Å². The van der Waals surface area contributed by atoms with Crippen LogP contribution in [0.4, 0.5) is 10.8 Å². The van der Waals surface area contributed by atoms with E-state index >= 15 is 0 Å². The normalized spacial score (nSPS) is 14.7. The Labute approximate surface area is 192 Å². The number of carbonyl (C=O) groups excluding carboxylic acids is 1. The third-order valence-electron chi connectivity index (χ3n) is 4.91.